The largest absolute Gasteiger partial charge is 0.476 e. The van der Waals surface area contributed by atoms with Gasteiger partial charge in [-0.15, -0.1) is 0 Å². The van der Waals surface area contributed by atoms with Crippen LogP contribution in [-0.4, -0.2) is 16.1 Å². The Morgan fingerprint density at radius 2 is 1.76 bits per heavy atom. The molecule has 1 heterocycles. The fourth-order valence-corrected chi connectivity index (χ4v) is 1.46. The first-order valence-electron chi connectivity index (χ1n) is 4.72. The molecule has 0 aliphatic heterocycles. The van der Waals surface area contributed by atoms with Gasteiger partial charge in [0.25, 0.3) is 0 Å². The molecule has 0 atom stereocenters. The van der Waals surface area contributed by atoms with E-state index in [4.69, 9.17) is 5.11 Å². The highest BCUT2D eigenvalue weighted by Gasteiger charge is 2.14. The number of hydrogen-bond donors (Lipinski definition) is 1. The highest BCUT2D eigenvalue weighted by molar-refractivity contribution is 5.93. The summed E-state index contributed by atoms with van der Waals surface area (Å²) < 4.78 is 25.8. The first-order chi connectivity index (χ1) is 8.08. The number of aromatic nitrogens is 1. The van der Waals surface area contributed by atoms with Crippen LogP contribution in [0.2, 0.25) is 0 Å². The average molecular weight is 235 g/mol. The Morgan fingerprint density at radius 1 is 1.12 bits per heavy atom. The van der Waals surface area contributed by atoms with E-state index < -0.39 is 17.6 Å². The maximum absolute atomic E-state index is 13.0. The molecule has 0 saturated carbocycles. The predicted octanol–water partition coefficient (Wildman–Crippen LogP) is 2.73. The number of nitrogens with zero attached hydrogens (tertiary/aromatic N) is 1. The van der Waals surface area contributed by atoms with Gasteiger partial charge >= 0.3 is 5.97 Å². The average Bonchev–Trinajstić information content (AvgIpc) is 2.29. The Labute approximate surface area is 95.4 Å². The van der Waals surface area contributed by atoms with E-state index in [2.05, 4.69) is 4.98 Å². The molecule has 0 bridgehead atoms. The summed E-state index contributed by atoms with van der Waals surface area (Å²) in [6.45, 7) is 0. The lowest BCUT2D eigenvalue weighted by molar-refractivity contribution is 0.0691. The Hall–Kier alpha value is -2.30. The molecule has 3 nitrogen and oxygen atoms in total. The third-order valence-electron chi connectivity index (χ3n) is 2.21. The van der Waals surface area contributed by atoms with Crippen molar-refractivity contribution in [2.75, 3.05) is 0 Å². The first-order valence-corrected chi connectivity index (χ1v) is 4.72. The van der Waals surface area contributed by atoms with Crippen LogP contribution in [0.3, 0.4) is 0 Å². The molecule has 0 spiro atoms. The molecule has 0 fully saturated rings. The minimum atomic E-state index is -1.26. The lowest BCUT2D eigenvalue weighted by Gasteiger charge is -2.05. The summed E-state index contributed by atoms with van der Waals surface area (Å²) in [5.41, 5.74) is 0.256. The Morgan fingerprint density at radius 3 is 2.35 bits per heavy atom. The molecule has 17 heavy (non-hydrogen) atoms. The van der Waals surface area contributed by atoms with E-state index in [0.717, 1.165) is 12.3 Å². The zero-order chi connectivity index (χ0) is 12.4. The van der Waals surface area contributed by atoms with Gasteiger partial charge in [0.15, 0.2) is 5.69 Å². The van der Waals surface area contributed by atoms with Crippen molar-refractivity contribution in [3.63, 3.8) is 0 Å². The number of pyridine rings is 1. The van der Waals surface area contributed by atoms with E-state index in [1.54, 1.807) is 0 Å². The van der Waals surface area contributed by atoms with Crippen LogP contribution in [-0.2, 0) is 0 Å². The number of carboxylic acid groups (broad SMARTS) is 1. The van der Waals surface area contributed by atoms with E-state index in [1.807, 2.05) is 0 Å². The van der Waals surface area contributed by atoms with Crippen molar-refractivity contribution in [2.24, 2.45) is 0 Å². The first kappa shape index (κ1) is 11.2. The number of carbonyl (C=O) groups is 1. The number of hydrogen-bond acceptors (Lipinski definition) is 2. The second-order valence-electron chi connectivity index (χ2n) is 3.36. The molecule has 0 saturated heterocycles. The fraction of sp³-hybridized carbons (Fsp3) is 0. The van der Waals surface area contributed by atoms with E-state index >= 15 is 0 Å². The highest BCUT2D eigenvalue weighted by Crippen LogP contribution is 2.23. The van der Waals surface area contributed by atoms with Crippen LogP contribution >= 0.6 is 0 Å². The molecule has 0 aliphatic carbocycles. The van der Waals surface area contributed by atoms with Crippen molar-refractivity contribution in [1.82, 2.24) is 4.98 Å². The summed E-state index contributed by atoms with van der Waals surface area (Å²) in [5, 5.41) is 8.91. The van der Waals surface area contributed by atoms with E-state index in [0.29, 0.717) is 5.56 Å². The predicted molar refractivity (Wildman–Crippen MR) is 56.5 cm³/mol. The van der Waals surface area contributed by atoms with Crippen LogP contribution in [0.25, 0.3) is 11.1 Å². The number of carboxylic acids is 1. The minimum absolute atomic E-state index is 0.123. The highest BCUT2D eigenvalue weighted by atomic mass is 19.1. The summed E-state index contributed by atoms with van der Waals surface area (Å²) in [6.07, 6.45) is 0.830. The molecular weight excluding hydrogens is 228 g/mol. The van der Waals surface area contributed by atoms with Crippen molar-refractivity contribution >= 4 is 5.97 Å². The lowest BCUT2D eigenvalue weighted by atomic mass is 10.0. The Balaban J connectivity index is 2.60. The molecule has 0 amide bonds. The van der Waals surface area contributed by atoms with Gasteiger partial charge in [0, 0.05) is 5.56 Å². The van der Waals surface area contributed by atoms with Gasteiger partial charge < -0.3 is 5.11 Å². The topological polar surface area (TPSA) is 50.2 Å². The molecule has 1 aromatic heterocycles. The van der Waals surface area contributed by atoms with Gasteiger partial charge in [0.2, 0.25) is 0 Å². The molecule has 2 aromatic rings. The second-order valence-corrected chi connectivity index (χ2v) is 3.36. The van der Waals surface area contributed by atoms with Crippen LogP contribution in [0, 0.1) is 11.6 Å². The number of aromatic carboxylic acids is 1. The summed E-state index contributed by atoms with van der Waals surface area (Å²) in [4.78, 5) is 14.4. The smallest absolute Gasteiger partial charge is 0.355 e. The molecule has 2 rings (SSSR count). The molecule has 86 valence electrons. The molecule has 0 radical (unpaired) electrons. The van der Waals surface area contributed by atoms with Crippen LogP contribution in [0.4, 0.5) is 8.78 Å². The van der Waals surface area contributed by atoms with Crippen molar-refractivity contribution in [3.8, 4) is 11.1 Å². The SMILES string of the molecule is O=C(O)c1ncc(F)cc1-c1ccc(F)cc1. The van der Waals surface area contributed by atoms with E-state index in [1.165, 1.54) is 24.3 Å². The number of rotatable bonds is 2. The van der Waals surface area contributed by atoms with Crippen LogP contribution in [0.1, 0.15) is 10.5 Å². The fourth-order valence-electron chi connectivity index (χ4n) is 1.46. The quantitative estimate of drug-likeness (QED) is 0.870. The monoisotopic (exact) mass is 235 g/mol. The number of benzene rings is 1. The van der Waals surface area contributed by atoms with Crippen molar-refractivity contribution < 1.29 is 18.7 Å². The molecule has 0 unspecified atom stereocenters. The van der Waals surface area contributed by atoms with Gasteiger partial charge in [-0.3, -0.25) is 0 Å². The maximum atomic E-state index is 13.0. The molecule has 1 aromatic carbocycles. The van der Waals surface area contributed by atoms with E-state index in [-0.39, 0.29) is 11.3 Å². The molecule has 5 heteroatoms. The van der Waals surface area contributed by atoms with Gasteiger partial charge in [0.1, 0.15) is 11.6 Å². The van der Waals surface area contributed by atoms with Gasteiger partial charge in [-0.1, -0.05) is 12.1 Å². The standard InChI is InChI=1S/C12H7F2NO2/c13-8-3-1-7(2-4-8)10-5-9(14)6-15-11(10)12(16)17/h1-6H,(H,16,17). The molecule has 0 aliphatic rings. The second kappa shape index (κ2) is 4.29. The summed E-state index contributed by atoms with van der Waals surface area (Å²) >= 11 is 0. The van der Waals surface area contributed by atoms with Gasteiger partial charge in [-0.2, -0.15) is 0 Å². The van der Waals surface area contributed by atoms with Crippen LogP contribution < -0.4 is 0 Å². The molecular formula is C12H7F2NO2. The lowest BCUT2D eigenvalue weighted by Crippen LogP contribution is -2.03. The third-order valence-corrected chi connectivity index (χ3v) is 2.21. The van der Waals surface area contributed by atoms with Crippen molar-refractivity contribution in [2.45, 2.75) is 0 Å². The molecule has 1 N–H and O–H groups in total. The van der Waals surface area contributed by atoms with Gasteiger partial charge in [-0.25, -0.2) is 18.6 Å². The maximum Gasteiger partial charge on any atom is 0.355 e. The van der Waals surface area contributed by atoms with Crippen LogP contribution in [0.15, 0.2) is 36.5 Å². The summed E-state index contributed by atoms with van der Waals surface area (Å²) in [7, 11) is 0. The van der Waals surface area contributed by atoms with Crippen molar-refractivity contribution in [1.29, 1.82) is 0 Å². The minimum Gasteiger partial charge on any atom is -0.476 e. The van der Waals surface area contributed by atoms with Crippen molar-refractivity contribution in [3.05, 3.63) is 53.9 Å². The van der Waals surface area contributed by atoms with E-state index in [9.17, 15) is 13.6 Å². The van der Waals surface area contributed by atoms with Gasteiger partial charge in [-0.05, 0) is 23.8 Å². The zero-order valence-electron chi connectivity index (χ0n) is 8.52. The third kappa shape index (κ3) is 2.28. The Kier molecular flexibility index (Phi) is 2.82. The summed E-state index contributed by atoms with van der Waals surface area (Å²) in [6, 6.07) is 6.15. The number of halogens is 2. The summed E-state index contributed by atoms with van der Waals surface area (Å²) in [5.74, 6) is -2.35. The zero-order valence-corrected chi connectivity index (χ0v) is 8.52. The van der Waals surface area contributed by atoms with Crippen LogP contribution in [0.5, 0.6) is 0 Å². The normalized spacial score (nSPS) is 10.2. The van der Waals surface area contributed by atoms with Gasteiger partial charge in [0.05, 0.1) is 6.20 Å². The Bertz CT molecular complexity index is 567.